The molecule has 0 aromatic heterocycles. The lowest BCUT2D eigenvalue weighted by atomic mass is 9.77. The molecule has 0 N–H and O–H groups in total. The topological polar surface area (TPSA) is 88.1 Å². The molecule has 0 saturated heterocycles. The summed E-state index contributed by atoms with van der Waals surface area (Å²) in [6, 6.07) is 36.9. The van der Waals surface area contributed by atoms with E-state index in [0.29, 0.717) is 45.3 Å². The Hall–Kier alpha value is -4.29. The second kappa shape index (κ2) is 13.8. The maximum Gasteiger partial charge on any atom is 0.383 e. The number of benzene rings is 5. The summed E-state index contributed by atoms with van der Waals surface area (Å²) < 4.78 is 23.8. The van der Waals surface area contributed by atoms with Crippen LogP contribution in [-0.4, -0.2) is 16.6 Å². The summed E-state index contributed by atoms with van der Waals surface area (Å²) in [5.41, 5.74) is 3.14. The third kappa shape index (κ3) is 6.62. The molecule has 11 heteroatoms. The lowest BCUT2D eigenvalue weighted by Crippen LogP contribution is -2.33. The fourth-order valence-corrected chi connectivity index (χ4v) is 8.61. The molecule has 7 rings (SSSR count). The maximum absolute atomic E-state index is 13.2. The monoisotopic (exact) mass is 696 g/mol. The molecule has 2 heterocycles. The molecule has 0 amide bonds. The molecule has 0 aliphatic carbocycles. The van der Waals surface area contributed by atoms with Crippen molar-refractivity contribution in [3.8, 4) is 23.0 Å². The first kappa shape index (κ1) is 31.3. The van der Waals surface area contributed by atoms with E-state index in [4.69, 9.17) is 18.9 Å². The lowest BCUT2D eigenvalue weighted by molar-refractivity contribution is 0.0224. The second-order valence-corrected chi connectivity index (χ2v) is 14.9. The van der Waals surface area contributed by atoms with Gasteiger partial charge in [-0.25, -0.2) is 14.4 Å². The third-order valence-corrected chi connectivity index (χ3v) is 11.3. The summed E-state index contributed by atoms with van der Waals surface area (Å²) in [4.78, 5) is 38.5. The average Bonchev–Trinajstić information content (AvgIpc) is 3.38. The van der Waals surface area contributed by atoms with Crippen molar-refractivity contribution in [3.05, 3.63) is 155 Å². The van der Waals surface area contributed by atoms with Crippen molar-refractivity contribution in [2.75, 3.05) is 0 Å². The summed E-state index contributed by atoms with van der Waals surface area (Å²) in [7, 11) is 4.77. The van der Waals surface area contributed by atoms with Crippen molar-refractivity contribution in [1.82, 2.24) is 0 Å². The van der Waals surface area contributed by atoms with Crippen LogP contribution in [0.15, 0.2) is 121 Å². The van der Waals surface area contributed by atoms with Gasteiger partial charge in [0.25, 0.3) is 0 Å². The molecule has 0 unspecified atom stereocenters. The van der Waals surface area contributed by atoms with Crippen molar-refractivity contribution < 1.29 is 33.3 Å². The van der Waals surface area contributed by atoms with Crippen LogP contribution in [0.3, 0.4) is 0 Å². The molecule has 2 aliphatic rings. The van der Waals surface area contributed by atoms with Gasteiger partial charge in [0, 0.05) is 61.9 Å². The Labute approximate surface area is 286 Å². The highest BCUT2D eigenvalue weighted by Crippen LogP contribution is 2.57. The van der Waals surface area contributed by atoms with Crippen LogP contribution in [0.2, 0.25) is 0 Å². The highest BCUT2D eigenvalue weighted by molar-refractivity contribution is 8.82. The van der Waals surface area contributed by atoms with E-state index < -0.39 is 22.2 Å². The Morgan fingerprint density at radius 2 is 1.09 bits per heavy atom. The van der Waals surface area contributed by atoms with Crippen LogP contribution in [0.4, 0.5) is 9.59 Å². The van der Waals surface area contributed by atoms with Gasteiger partial charge in [-0.15, -0.1) is 0 Å². The van der Waals surface area contributed by atoms with Gasteiger partial charge in [0.1, 0.15) is 23.0 Å². The van der Waals surface area contributed by atoms with Gasteiger partial charge in [0.05, 0.1) is 5.56 Å². The first-order valence-corrected chi connectivity index (χ1v) is 19.0. The van der Waals surface area contributed by atoms with E-state index >= 15 is 0 Å². The van der Waals surface area contributed by atoms with E-state index in [-0.39, 0.29) is 11.5 Å². The zero-order valence-corrected chi connectivity index (χ0v) is 27.7. The van der Waals surface area contributed by atoms with Gasteiger partial charge in [-0.2, -0.15) is 0 Å². The average molecular weight is 697 g/mol. The minimum atomic E-state index is -1.32. The number of hydrogen-bond acceptors (Lipinski definition) is 11. The predicted octanol–water partition coefficient (Wildman–Crippen LogP) is 10.4. The maximum atomic E-state index is 13.2. The standard InChI is InChI=1S/C36H24O7S4/c37-33-27-13-7-8-14-28(27)36(43-33)29-17-15-25(40-34(38)46-44-21-23-9-3-1-4-10-23)19-31(29)42-32-20-26(16-18-30(32)36)41-35(39)47-45-22-24-11-5-2-6-12-24/h1-20H,21-22H2. The van der Waals surface area contributed by atoms with Gasteiger partial charge in [-0.1, -0.05) is 100 Å². The van der Waals surface area contributed by atoms with E-state index in [1.165, 1.54) is 21.6 Å². The summed E-state index contributed by atoms with van der Waals surface area (Å²) >= 11 is 0. The number of hydrogen-bond donors (Lipinski definition) is 0. The number of fused-ring (bicyclic) bond motifs is 6. The van der Waals surface area contributed by atoms with Crippen molar-refractivity contribution in [1.29, 1.82) is 0 Å². The summed E-state index contributed by atoms with van der Waals surface area (Å²) in [6.07, 6.45) is 0. The quantitative estimate of drug-likeness (QED) is 0.115. The SMILES string of the molecule is O=C(Oc1ccc2c(c1)Oc1cc(OC(=O)SSCc3ccccc3)ccc1C21OC(=O)c2ccccc21)SSCc1ccccc1. The van der Waals surface area contributed by atoms with Gasteiger partial charge >= 0.3 is 16.6 Å². The molecule has 7 nitrogen and oxygen atoms in total. The highest BCUT2D eigenvalue weighted by atomic mass is 33.1. The van der Waals surface area contributed by atoms with Crippen molar-refractivity contribution >= 4 is 59.7 Å². The molecule has 234 valence electrons. The fourth-order valence-electron chi connectivity index (χ4n) is 5.43. The van der Waals surface area contributed by atoms with E-state index in [1.807, 2.05) is 72.8 Å². The molecule has 0 radical (unpaired) electrons. The van der Waals surface area contributed by atoms with E-state index in [0.717, 1.165) is 32.7 Å². The number of carbonyl (C=O) groups excluding carboxylic acids is 3. The van der Waals surface area contributed by atoms with Gasteiger partial charge < -0.3 is 18.9 Å². The van der Waals surface area contributed by atoms with Crippen LogP contribution in [0, 0.1) is 0 Å². The zero-order chi connectivity index (χ0) is 32.2. The van der Waals surface area contributed by atoms with Crippen molar-refractivity contribution in [3.63, 3.8) is 0 Å². The number of rotatable bonds is 8. The Morgan fingerprint density at radius 1 is 0.596 bits per heavy atom. The minimum absolute atomic E-state index is 0.271. The largest absolute Gasteiger partial charge is 0.456 e. The fraction of sp³-hybridized carbons (Fsp3) is 0.0833. The molecule has 5 aromatic rings. The molecule has 0 saturated carbocycles. The molecule has 5 aromatic carbocycles. The van der Waals surface area contributed by atoms with Gasteiger partial charge in [-0.3, -0.25) is 0 Å². The molecule has 2 aliphatic heterocycles. The third-order valence-electron chi connectivity index (χ3n) is 7.45. The summed E-state index contributed by atoms with van der Waals surface area (Å²) in [5, 5.41) is -0.961. The summed E-state index contributed by atoms with van der Waals surface area (Å²) in [6.45, 7) is 0. The van der Waals surface area contributed by atoms with Crippen molar-refractivity contribution in [2.24, 2.45) is 0 Å². The van der Waals surface area contributed by atoms with Crippen LogP contribution in [0.1, 0.15) is 38.2 Å². The number of carbonyl (C=O) groups is 3. The van der Waals surface area contributed by atoms with Gasteiger partial charge in [0.2, 0.25) is 0 Å². The Balaban J connectivity index is 1.13. The van der Waals surface area contributed by atoms with Crippen LogP contribution >= 0.6 is 43.2 Å². The minimum Gasteiger partial charge on any atom is -0.456 e. The highest BCUT2D eigenvalue weighted by Gasteiger charge is 2.53. The van der Waals surface area contributed by atoms with E-state index in [1.54, 1.807) is 48.5 Å². The van der Waals surface area contributed by atoms with Crippen LogP contribution in [-0.2, 0) is 21.8 Å². The second-order valence-electron chi connectivity index (χ2n) is 10.4. The number of ether oxygens (including phenoxy) is 4. The van der Waals surface area contributed by atoms with Gasteiger partial charge in [-0.05, 0) is 41.5 Å². The molecule has 0 bridgehead atoms. The first-order valence-electron chi connectivity index (χ1n) is 14.4. The number of esters is 1. The Morgan fingerprint density at radius 3 is 1.62 bits per heavy atom. The van der Waals surface area contributed by atoms with Crippen LogP contribution in [0.25, 0.3) is 0 Å². The summed E-state index contributed by atoms with van der Waals surface area (Å²) in [5.74, 6) is 2.05. The molecular weight excluding hydrogens is 673 g/mol. The molecule has 1 spiro atoms. The van der Waals surface area contributed by atoms with Gasteiger partial charge in [0.15, 0.2) is 5.60 Å². The van der Waals surface area contributed by atoms with E-state index in [9.17, 15) is 14.4 Å². The normalized spacial score (nSPS) is 13.5. The molecular formula is C36H24O7S4. The first-order chi connectivity index (χ1) is 23.0. The van der Waals surface area contributed by atoms with Crippen LogP contribution in [0.5, 0.6) is 23.0 Å². The van der Waals surface area contributed by atoms with Crippen LogP contribution < -0.4 is 14.2 Å². The predicted molar refractivity (Wildman–Crippen MR) is 187 cm³/mol. The smallest absolute Gasteiger partial charge is 0.383 e. The lowest BCUT2D eigenvalue weighted by Gasteiger charge is -2.36. The zero-order valence-electron chi connectivity index (χ0n) is 24.5. The Kier molecular flexibility index (Phi) is 9.21. The molecule has 0 atom stereocenters. The molecule has 0 fully saturated rings. The Bertz CT molecular complexity index is 1860. The van der Waals surface area contributed by atoms with E-state index in [2.05, 4.69) is 0 Å². The molecule has 47 heavy (non-hydrogen) atoms. The van der Waals surface area contributed by atoms with Crippen molar-refractivity contribution in [2.45, 2.75) is 17.1 Å².